The van der Waals surface area contributed by atoms with Crippen molar-refractivity contribution < 1.29 is 4.74 Å². The third kappa shape index (κ3) is 3.81. The first kappa shape index (κ1) is 17.2. The summed E-state index contributed by atoms with van der Waals surface area (Å²) in [5.41, 5.74) is 4.46. The largest absolute Gasteiger partial charge is 0.378 e. The van der Waals surface area contributed by atoms with Crippen LogP contribution in [0.5, 0.6) is 0 Å². The average Bonchev–Trinajstić information content (AvgIpc) is 2.76. The first-order chi connectivity index (χ1) is 13.3. The quantitative estimate of drug-likeness (QED) is 0.528. The van der Waals surface area contributed by atoms with Gasteiger partial charge in [-0.3, -0.25) is 10.3 Å². The zero-order valence-electron chi connectivity index (χ0n) is 14.8. The molecule has 0 spiro atoms. The molecule has 0 saturated carbocycles. The van der Waals surface area contributed by atoms with Gasteiger partial charge in [0.1, 0.15) is 0 Å². The van der Waals surface area contributed by atoms with E-state index in [0.717, 1.165) is 24.5 Å². The molecule has 2 aromatic carbocycles. The van der Waals surface area contributed by atoms with Crippen molar-refractivity contribution in [2.45, 2.75) is 0 Å². The molecule has 0 radical (unpaired) electrons. The monoisotopic (exact) mass is 363 g/mol. The average molecular weight is 363 g/mol. The lowest BCUT2D eigenvalue weighted by Gasteiger charge is -2.28. The van der Waals surface area contributed by atoms with Crippen LogP contribution < -0.4 is 21.1 Å². The molecule has 27 heavy (non-hydrogen) atoms. The van der Waals surface area contributed by atoms with E-state index < -0.39 is 0 Å². The van der Waals surface area contributed by atoms with Crippen LogP contribution in [0, 0.1) is 0 Å². The maximum Gasteiger partial charge on any atom is 0.243 e. The number of anilines is 5. The molecule has 0 bridgehead atoms. The number of benzene rings is 2. The molecule has 4 rings (SSSR count). The first-order valence-electron chi connectivity index (χ1n) is 8.81. The van der Waals surface area contributed by atoms with Crippen LogP contribution in [0.1, 0.15) is 0 Å². The van der Waals surface area contributed by atoms with Crippen LogP contribution in [0.4, 0.5) is 29.2 Å². The van der Waals surface area contributed by atoms with Gasteiger partial charge in [-0.2, -0.15) is 15.0 Å². The molecule has 1 aromatic heterocycles. The number of nitrogens with zero attached hydrogens (tertiary/aromatic N) is 5. The highest BCUT2D eigenvalue weighted by molar-refractivity contribution is 5.73. The smallest absolute Gasteiger partial charge is 0.243 e. The number of nitrogens with two attached hydrogens (primary N) is 1. The van der Waals surface area contributed by atoms with E-state index in [2.05, 4.69) is 20.3 Å². The fourth-order valence-electron chi connectivity index (χ4n) is 2.96. The van der Waals surface area contributed by atoms with Crippen molar-refractivity contribution >= 4 is 29.2 Å². The van der Waals surface area contributed by atoms with Crippen LogP contribution >= 0.6 is 0 Å². The Morgan fingerprint density at radius 2 is 1.44 bits per heavy atom. The van der Waals surface area contributed by atoms with Crippen LogP contribution in [-0.2, 0) is 4.74 Å². The fraction of sp³-hybridized carbons (Fsp3) is 0.211. The zero-order chi connectivity index (χ0) is 18.5. The van der Waals surface area contributed by atoms with Crippen LogP contribution in [0.15, 0.2) is 60.7 Å². The van der Waals surface area contributed by atoms with Crippen LogP contribution in [0.25, 0.3) is 0 Å². The van der Waals surface area contributed by atoms with E-state index in [4.69, 9.17) is 15.6 Å². The molecule has 138 valence electrons. The molecule has 3 N–H and O–H groups in total. The maximum atomic E-state index is 5.63. The zero-order valence-corrected chi connectivity index (χ0v) is 14.8. The van der Waals surface area contributed by atoms with Crippen LogP contribution in [-0.4, -0.2) is 41.3 Å². The Kier molecular flexibility index (Phi) is 5.08. The van der Waals surface area contributed by atoms with E-state index in [9.17, 15) is 0 Å². The number of para-hydroxylation sites is 2. The van der Waals surface area contributed by atoms with E-state index in [0.29, 0.717) is 31.1 Å². The minimum absolute atomic E-state index is 0.318. The predicted octanol–water partition coefficient (Wildman–Crippen LogP) is 2.46. The summed E-state index contributed by atoms with van der Waals surface area (Å²) in [4.78, 5) is 17.7. The maximum absolute atomic E-state index is 5.63. The highest BCUT2D eigenvalue weighted by Gasteiger charge is 2.21. The Balaban J connectivity index is 1.81. The van der Waals surface area contributed by atoms with Gasteiger partial charge in [0.2, 0.25) is 17.8 Å². The Labute approximate surface area is 157 Å². The molecule has 1 aliphatic heterocycles. The third-order valence-electron chi connectivity index (χ3n) is 4.26. The number of hydrogen-bond acceptors (Lipinski definition) is 8. The van der Waals surface area contributed by atoms with E-state index >= 15 is 0 Å². The second-order valence-corrected chi connectivity index (χ2v) is 6.01. The van der Waals surface area contributed by atoms with Gasteiger partial charge < -0.3 is 9.64 Å². The van der Waals surface area contributed by atoms with E-state index in [1.807, 2.05) is 65.6 Å². The minimum Gasteiger partial charge on any atom is -0.378 e. The Morgan fingerprint density at radius 3 is 2.00 bits per heavy atom. The molecule has 0 unspecified atom stereocenters. The molecule has 0 aliphatic carbocycles. The third-order valence-corrected chi connectivity index (χ3v) is 4.26. The van der Waals surface area contributed by atoms with Gasteiger partial charge >= 0.3 is 0 Å². The summed E-state index contributed by atoms with van der Waals surface area (Å²) >= 11 is 0. The molecular weight excluding hydrogens is 342 g/mol. The van der Waals surface area contributed by atoms with Gasteiger partial charge in [0.15, 0.2) is 0 Å². The lowest BCUT2D eigenvalue weighted by molar-refractivity contribution is 0.122. The summed E-state index contributed by atoms with van der Waals surface area (Å²) in [5, 5.41) is 0. The standard InChI is InChI=1S/C19H21N7O/c20-24-17-21-18(25-11-13-27-14-12-25)23-19(22-17)26(15-7-3-1-4-8-15)16-9-5-2-6-10-16/h1-10H,11-14,20H2,(H,21,22,23,24). The molecule has 0 atom stereocenters. The van der Waals surface area contributed by atoms with Gasteiger partial charge in [-0.25, -0.2) is 5.84 Å². The van der Waals surface area contributed by atoms with Crippen molar-refractivity contribution in [3.05, 3.63) is 60.7 Å². The molecule has 2 heterocycles. The van der Waals surface area contributed by atoms with E-state index in [-0.39, 0.29) is 0 Å². The number of nitrogens with one attached hydrogen (secondary N) is 1. The summed E-state index contributed by atoms with van der Waals surface area (Å²) in [5.74, 6) is 7.02. The molecule has 0 amide bonds. The van der Waals surface area contributed by atoms with Gasteiger partial charge in [-0.05, 0) is 24.3 Å². The van der Waals surface area contributed by atoms with Crippen molar-refractivity contribution in [3.8, 4) is 0 Å². The van der Waals surface area contributed by atoms with Crippen LogP contribution in [0.3, 0.4) is 0 Å². The summed E-state index contributed by atoms with van der Waals surface area (Å²) in [6.45, 7) is 2.75. The fourth-order valence-corrected chi connectivity index (χ4v) is 2.96. The lowest BCUT2D eigenvalue weighted by atomic mass is 10.2. The number of ether oxygens (including phenoxy) is 1. The van der Waals surface area contributed by atoms with Gasteiger partial charge in [-0.15, -0.1) is 0 Å². The molecule has 8 heteroatoms. The second kappa shape index (κ2) is 7.98. The summed E-state index contributed by atoms with van der Waals surface area (Å²) in [6, 6.07) is 19.9. The lowest BCUT2D eigenvalue weighted by Crippen LogP contribution is -2.38. The highest BCUT2D eigenvalue weighted by Crippen LogP contribution is 2.32. The minimum atomic E-state index is 0.318. The number of aromatic nitrogens is 3. The molecule has 3 aromatic rings. The molecule has 1 aliphatic rings. The summed E-state index contributed by atoms with van der Waals surface area (Å²) in [6.07, 6.45) is 0. The van der Waals surface area contributed by atoms with Crippen molar-refractivity contribution in [2.75, 3.05) is 41.5 Å². The van der Waals surface area contributed by atoms with Gasteiger partial charge in [0.05, 0.1) is 13.2 Å². The van der Waals surface area contributed by atoms with E-state index in [1.54, 1.807) is 0 Å². The number of hydrogen-bond donors (Lipinski definition) is 2. The number of rotatable bonds is 5. The predicted molar refractivity (Wildman–Crippen MR) is 105 cm³/mol. The summed E-state index contributed by atoms with van der Waals surface area (Å²) in [7, 11) is 0. The number of nitrogen functional groups attached to an aromatic ring is 1. The van der Waals surface area contributed by atoms with E-state index in [1.165, 1.54) is 0 Å². The molecular formula is C19H21N7O. The van der Waals surface area contributed by atoms with Gasteiger partial charge in [-0.1, -0.05) is 36.4 Å². The van der Waals surface area contributed by atoms with Crippen molar-refractivity contribution in [1.82, 2.24) is 15.0 Å². The summed E-state index contributed by atoms with van der Waals surface area (Å²) < 4.78 is 5.43. The second-order valence-electron chi connectivity index (χ2n) is 6.01. The van der Waals surface area contributed by atoms with Crippen molar-refractivity contribution in [1.29, 1.82) is 0 Å². The highest BCUT2D eigenvalue weighted by atomic mass is 16.5. The molecule has 1 saturated heterocycles. The van der Waals surface area contributed by atoms with Crippen molar-refractivity contribution in [3.63, 3.8) is 0 Å². The van der Waals surface area contributed by atoms with Crippen LogP contribution in [0.2, 0.25) is 0 Å². The Morgan fingerprint density at radius 1 is 0.852 bits per heavy atom. The molecule has 1 fully saturated rings. The van der Waals surface area contributed by atoms with Gasteiger partial charge in [0.25, 0.3) is 0 Å². The first-order valence-corrected chi connectivity index (χ1v) is 8.81. The number of morpholine rings is 1. The van der Waals surface area contributed by atoms with Gasteiger partial charge in [0, 0.05) is 24.5 Å². The normalized spacial score (nSPS) is 14.0. The topological polar surface area (TPSA) is 92.4 Å². The SMILES string of the molecule is NNc1nc(N2CCOCC2)nc(N(c2ccccc2)c2ccccc2)n1. The molecule has 8 nitrogen and oxygen atoms in total. The van der Waals surface area contributed by atoms with Crippen molar-refractivity contribution in [2.24, 2.45) is 5.84 Å². The Bertz CT molecular complexity index is 830. The Hall–Kier alpha value is -3.23. The number of hydrazine groups is 1.